The number of thioether (sulfide) groups is 1. The molecule has 0 spiro atoms. The van der Waals surface area contributed by atoms with Crippen LogP contribution in [0.5, 0.6) is 0 Å². The fourth-order valence-corrected chi connectivity index (χ4v) is 7.71. The third-order valence-electron chi connectivity index (χ3n) is 6.75. The van der Waals surface area contributed by atoms with Crippen molar-refractivity contribution in [2.75, 3.05) is 12.4 Å². The Morgan fingerprint density at radius 1 is 1.44 bits per heavy atom. The summed E-state index contributed by atoms with van der Waals surface area (Å²) in [6.45, 7) is 5.39. The van der Waals surface area contributed by atoms with Crippen LogP contribution in [-0.4, -0.2) is 51.4 Å². The van der Waals surface area contributed by atoms with Crippen LogP contribution in [0.4, 0.5) is 0 Å². The van der Waals surface area contributed by atoms with Gasteiger partial charge in [0.1, 0.15) is 12.3 Å². The molecule has 5 rings (SSSR count). The number of rotatable bonds is 7. The Balaban J connectivity index is 1.44. The molecule has 2 aliphatic heterocycles. The number of β-lactam (4-membered cyclic amide) rings is 1. The molecule has 8 heteroatoms. The van der Waals surface area contributed by atoms with Gasteiger partial charge in [-0.2, -0.15) is 0 Å². The predicted molar refractivity (Wildman–Crippen MR) is 125 cm³/mol. The second kappa shape index (κ2) is 8.65. The minimum Gasteiger partial charge on any atom is -0.457 e. The van der Waals surface area contributed by atoms with Gasteiger partial charge < -0.3 is 14.7 Å². The van der Waals surface area contributed by atoms with Crippen LogP contribution in [0, 0.1) is 17.8 Å². The second-order valence-electron chi connectivity index (χ2n) is 8.65. The summed E-state index contributed by atoms with van der Waals surface area (Å²) in [6.07, 6.45) is 3.74. The van der Waals surface area contributed by atoms with Crippen LogP contribution in [0.25, 0.3) is 10.2 Å². The molecular weight excluding hydrogens is 444 g/mol. The van der Waals surface area contributed by atoms with Crippen molar-refractivity contribution in [3.8, 4) is 0 Å². The Morgan fingerprint density at radius 2 is 2.25 bits per heavy atom. The quantitative estimate of drug-likeness (QED) is 0.285. The number of fused-ring (bicyclic) bond motifs is 4. The first-order valence-electron chi connectivity index (χ1n) is 11.0. The molecule has 1 aromatic heterocycles. The number of hydrogen-bond acceptors (Lipinski definition) is 7. The number of hydrogen-bond donors (Lipinski definition) is 1. The molecule has 0 bridgehead atoms. The average molecular weight is 471 g/mol. The highest BCUT2D eigenvalue weighted by Crippen LogP contribution is 2.54. The molecule has 32 heavy (non-hydrogen) atoms. The van der Waals surface area contributed by atoms with Crippen molar-refractivity contribution >= 4 is 45.2 Å². The Hall–Kier alpha value is -2.16. The molecule has 1 saturated carbocycles. The van der Waals surface area contributed by atoms with Crippen LogP contribution in [0.2, 0.25) is 0 Å². The zero-order chi connectivity index (χ0) is 22.4. The fourth-order valence-electron chi connectivity index (χ4n) is 5.45. The van der Waals surface area contributed by atoms with E-state index in [1.54, 1.807) is 34.9 Å². The minimum atomic E-state index is -0.731. The second-order valence-corrected chi connectivity index (χ2v) is 10.9. The van der Waals surface area contributed by atoms with Crippen molar-refractivity contribution in [1.29, 1.82) is 0 Å². The SMILES string of the molecule is C=CCOC(=O)C1=C2[C@@H](CSc3nc4ccccc4s3)CCC[C@@H]2[C@@H]2[C@@H]([C@@H](C)O)C(=O)N12. The van der Waals surface area contributed by atoms with Gasteiger partial charge in [0.2, 0.25) is 5.91 Å². The van der Waals surface area contributed by atoms with E-state index in [0.29, 0.717) is 5.70 Å². The molecule has 1 saturated heterocycles. The molecule has 2 aromatic rings. The van der Waals surface area contributed by atoms with E-state index < -0.39 is 18.0 Å². The molecule has 3 heterocycles. The summed E-state index contributed by atoms with van der Waals surface area (Å²) in [5.41, 5.74) is 2.46. The number of benzene rings is 1. The topological polar surface area (TPSA) is 79.7 Å². The van der Waals surface area contributed by atoms with E-state index in [0.717, 1.165) is 40.4 Å². The smallest absolute Gasteiger partial charge is 0.355 e. The highest BCUT2D eigenvalue weighted by Gasteiger charge is 2.62. The third-order valence-corrected chi connectivity index (χ3v) is 9.09. The fraction of sp³-hybridized carbons (Fsp3) is 0.458. The molecule has 168 valence electrons. The van der Waals surface area contributed by atoms with Gasteiger partial charge >= 0.3 is 5.97 Å². The molecule has 2 fully saturated rings. The zero-order valence-electron chi connectivity index (χ0n) is 17.9. The molecule has 0 radical (unpaired) electrons. The number of carbonyl (C=O) groups is 2. The van der Waals surface area contributed by atoms with Crippen LogP contribution in [-0.2, 0) is 14.3 Å². The lowest BCUT2D eigenvalue weighted by molar-refractivity contribution is -0.164. The normalized spacial score (nSPS) is 27.7. The van der Waals surface area contributed by atoms with Crippen molar-refractivity contribution in [3.63, 3.8) is 0 Å². The molecule has 1 amide bonds. The summed E-state index contributed by atoms with van der Waals surface area (Å²) in [4.78, 5) is 32.2. The van der Waals surface area contributed by atoms with E-state index in [1.165, 1.54) is 10.8 Å². The molecule has 0 unspecified atom stereocenters. The Labute approximate surface area is 195 Å². The number of esters is 1. The summed E-state index contributed by atoms with van der Waals surface area (Å²) in [6, 6.07) is 7.97. The van der Waals surface area contributed by atoms with E-state index in [4.69, 9.17) is 9.72 Å². The van der Waals surface area contributed by atoms with Crippen molar-refractivity contribution in [1.82, 2.24) is 9.88 Å². The first-order valence-corrected chi connectivity index (χ1v) is 12.8. The number of aromatic nitrogens is 1. The van der Waals surface area contributed by atoms with E-state index >= 15 is 0 Å². The number of aliphatic hydroxyl groups excluding tert-OH is 1. The van der Waals surface area contributed by atoms with Gasteiger partial charge in [-0.1, -0.05) is 43.0 Å². The van der Waals surface area contributed by atoms with E-state index in [9.17, 15) is 14.7 Å². The van der Waals surface area contributed by atoms with Gasteiger partial charge in [0.15, 0.2) is 4.34 Å². The van der Waals surface area contributed by atoms with Gasteiger partial charge in [0.25, 0.3) is 0 Å². The van der Waals surface area contributed by atoms with Gasteiger partial charge in [-0.3, -0.25) is 4.79 Å². The number of carbonyl (C=O) groups excluding carboxylic acids is 2. The van der Waals surface area contributed by atoms with Crippen molar-refractivity contribution in [2.45, 2.75) is 42.7 Å². The summed E-state index contributed by atoms with van der Waals surface area (Å²) in [5.74, 6) is 0.00307. The highest BCUT2D eigenvalue weighted by molar-refractivity contribution is 8.01. The molecule has 1 aliphatic carbocycles. The monoisotopic (exact) mass is 470 g/mol. The maximum absolute atomic E-state index is 13.0. The van der Waals surface area contributed by atoms with Crippen LogP contribution < -0.4 is 0 Å². The molecule has 3 aliphatic rings. The summed E-state index contributed by atoms with van der Waals surface area (Å²) in [5, 5.41) is 10.2. The number of ether oxygens (including phenoxy) is 1. The largest absolute Gasteiger partial charge is 0.457 e. The predicted octanol–water partition coefficient (Wildman–Crippen LogP) is 4.01. The van der Waals surface area contributed by atoms with Gasteiger partial charge in [-0.05, 0) is 43.4 Å². The first kappa shape index (κ1) is 21.7. The van der Waals surface area contributed by atoms with Gasteiger partial charge in [0, 0.05) is 11.7 Å². The van der Waals surface area contributed by atoms with Crippen LogP contribution in [0.3, 0.4) is 0 Å². The maximum Gasteiger partial charge on any atom is 0.355 e. The number of thiazole rings is 1. The molecule has 5 atom stereocenters. The lowest BCUT2D eigenvalue weighted by Crippen LogP contribution is -2.64. The Bertz CT molecular complexity index is 1080. The van der Waals surface area contributed by atoms with E-state index in [2.05, 4.69) is 12.6 Å². The summed E-state index contributed by atoms with van der Waals surface area (Å²) >= 11 is 3.40. The number of aliphatic hydroxyl groups is 1. The summed E-state index contributed by atoms with van der Waals surface area (Å²) in [7, 11) is 0. The molecule has 6 nitrogen and oxygen atoms in total. The standard InChI is InChI=1S/C24H26N2O4S2/c1-3-11-30-23(29)21-19-14(12-31-24-25-16-9-4-5-10-17(16)32-24)7-6-8-15(19)20-18(13(2)27)22(28)26(20)21/h3-5,9-10,13-15,18,20,27H,1,6-8,11-12H2,2H3/t13-,14-,15+,18-,20-/m1/s1. The average Bonchev–Trinajstić information content (AvgIpc) is 3.32. The lowest BCUT2D eigenvalue weighted by atomic mass is 9.70. The number of para-hydroxylation sites is 1. The molecular formula is C24H26N2O4S2. The first-order chi connectivity index (χ1) is 15.5. The Kier molecular flexibility index (Phi) is 5.86. The minimum absolute atomic E-state index is 0.105. The van der Waals surface area contributed by atoms with Crippen molar-refractivity contribution in [2.24, 2.45) is 17.8 Å². The Morgan fingerprint density at radius 3 is 3.00 bits per heavy atom. The van der Waals surface area contributed by atoms with Gasteiger partial charge in [0.05, 0.1) is 28.3 Å². The molecule has 1 aromatic carbocycles. The molecule has 1 N–H and O–H groups in total. The van der Waals surface area contributed by atoms with E-state index in [-0.39, 0.29) is 30.4 Å². The van der Waals surface area contributed by atoms with E-state index in [1.807, 2.05) is 18.2 Å². The van der Waals surface area contributed by atoms with Gasteiger partial charge in [-0.25, -0.2) is 9.78 Å². The van der Waals surface area contributed by atoms with Crippen LogP contribution in [0.1, 0.15) is 26.2 Å². The van der Waals surface area contributed by atoms with Crippen molar-refractivity contribution in [3.05, 3.63) is 48.2 Å². The maximum atomic E-state index is 13.0. The third kappa shape index (κ3) is 3.49. The van der Waals surface area contributed by atoms with Gasteiger partial charge in [-0.15, -0.1) is 11.3 Å². The van der Waals surface area contributed by atoms with Crippen LogP contribution >= 0.6 is 23.1 Å². The van der Waals surface area contributed by atoms with Crippen LogP contribution in [0.15, 0.2) is 52.5 Å². The lowest BCUT2D eigenvalue weighted by Gasteiger charge is -2.47. The summed E-state index contributed by atoms with van der Waals surface area (Å²) < 4.78 is 7.57. The van der Waals surface area contributed by atoms with Crippen molar-refractivity contribution < 1.29 is 19.4 Å². The number of amides is 1. The highest BCUT2D eigenvalue weighted by atomic mass is 32.2. The zero-order valence-corrected chi connectivity index (χ0v) is 19.5. The number of nitrogens with zero attached hydrogens (tertiary/aromatic N) is 2.